The maximum Gasteiger partial charge on any atom is 0.161 e. The second-order valence-electron chi connectivity index (χ2n) is 11.2. The van der Waals surface area contributed by atoms with Gasteiger partial charge in [0.1, 0.15) is 11.4 Å². The first-order valence-electron chi connectivity index (χ1n) is 13.0. The largest absolute Gasteiger partial charge is 0.493 e. The van der Waals surface area contributed by atoms with Crippen molar-refractivity contribution >= 4 is 5.69 Å². The van der Waals surface area contributed by atoms with Crippen LogP contribution in [0.2, 0.25) is 0 Å². The van der Waals surface area contributed by atoms with E-state index in [1.807, 2.05) is 0 Å². The zero-order chi connectivity index (χ0) is 25.9. The van der Waals surface area contributed by atoms with E-state index < -0.39 is 0 Å². The molecule has 2 aliphatic heterocycles. The molecular formula is C32H39NO3. The minimum atomic E-state index is -0.331. The molecule has 0 fully saturated rings. The molecule has 0 aromatic heterocycles. The van der Waals surface area contributed by atoms with E-state index in [4.69, 9.17) is 14.2 Å². The zero-order valence-electron chi connectivity index (χ0n) is 23.2. The fourth-order valence-electron chi connectivity index (χ4n) is 6.46. The first kappa shape index (κ1) is 24.5. The molecule has 4 nitrogen and oxygen atoms in total. The van der Waals surface area contributed by atoms with Crippen molar-refractivity contribution in [2.24, 2.45) is 0 Å². The maximum absolute atomic E-state index is 6.78. The van der Waals surface area contributed by atoms with Crippen LogP contribution in [-0.4, -0.2) is 19.8 Å². The first-order valence-corrected chi connectivity index (χ1v) is 13.0. The van der Waals surface area contributed by atoms with Crippen LogP contribution in [0.1, 0.15) is 84.0 Å². The van der Waals surface area contributed by atoms with Gasteiger partial charge in [-0.25, -0.2) is 0 Å². The molecule has 0 N–H and O–H groups in total. The lowest BCUT2D eigenvalue weighted by molar-refractivity contribution is 0.121. The Morgan fingerprint density at radius 2 is 1.47 bits per heavy atom. The van der Waals surface area contributed by atoms with Gasteiger partial charge in [-0.3, -0.25) is 0 Å². The van der Waals surface area contributed by atoms with Crippen molar-refractivity contribution in [3.8, 4) is 17.2 Å². The quantitative estimate of drug-likeness (QED) is 0.373. The van der Waals surface area contributed by atoms with Crippen molar-refractivity contribution in [1.29, 1.82) is 0 Å². The smallest absolute Gasteiger partial charge is 0.161 e. The Labute approximate surface area is 216 Å². The molecule has 3 aromatic rings. The lowest BCUT2D eigenvalue weighted by Crippen LogP contribution is -2.32. The van der Waals surface area contributed by atoms with E-state index in [2.05, 4.69) is 89.8 Å². The summed E-state index contributed by atoms with van der Waals surface area (Å²) in [6.45, 7) is 17.5. The molecule has 1 atom stereocenters. The van der Waals surface area contributed by atoms with E-state index in [-0.39, 0.29) is 11.5 Å². The second kappa shape index (κ2) is 8.76. The summed E-state index contributed by atoms with van der Waals surface area (Å²) in [5.74, 6) is 3.27. The van der Waals surface area contributed by atoms with Crippen LogP contribution in [-0.2, 0) is 13.1 Å². The van der Waals surface area contributed by atoms with Gasteiger partial charge in [0, 0.05) is 24.3 Å². The first-order chi connectivity index (χ1) is 17.1. The number of anilines is 1. The Morgan fingerprint density at radius 3 is 2.03 bits per heavy atom. The van der Waals surface area contributed by atoms with Crippen molar-refractivity contribution in [2.45, 2.75) is 79.0 Å². The van der Waals surface area contributed by atoms with Crippen molar-refractivity contribution in [1.82, 2.24) is 0 Å². The molecule has 0 saturated carbocycles. The number of rotatable bonds is 5. The molecule has 0 spiro atoms. The summed E-state index contributed by atoms with van der Waals surface area (Å²) in [6, 6.07) is 13.2. The summed E-state index contributed by atoms with van der Waals surface area (Å²) >= 11 is 0. The highest BCUT2D eigenvalue weighted by Gasteiger charge is 2.46. The highest BCUT2D eigenvalue weighted by atomic mass is 16.5. The van der Waals surface area contributed by atoms with Crippen LogP contribution in [0.3, 0.4) is 0 Å². The Hall–Kier alpha value is -3.14. The van der Waals surface area contributed by atoms with Crippen LogP contribution in [0, 0.1) is 20.8 Å². The molecule has 0 unspecified atom stereocenters. The normalized spacial score (nSPS) is 17.7. The molecule has 36 heavy (non-hydrogen) atoms. The van der Waals surface area contributed by atoms with E-state index in [1.54, 1.807) is 14.2 Å². The minimum Gasteiger partial charge on any atom is -0.493 e. The summed E-state index contributed by atoms with van der Waals surface area (Å²) in [5, 5.41) is 0. The topological polar surface area (TPSA) is 30.9 Å². The number of hydrogen-bond acceptors (Lipinski definition) is 4. The minimum absolute atomic E-state index is 0.175. The van der Waals surface area contributed by atoms with Crippen LogP contribution >= 0.6 is 0 Å². The number of hydrogen-bond donors (Lipinski definition) is 0. The summed E-state index contributed by atoms with van der Waals surface area (Å²) in [6.07, 6.45) is 0. The number of nitrogens with zero attached hydrogens (tertiary/aromatic N) is 1. The van der Waals surface area contributed by atoms with Crippen molar-refractivity contribution in [3.05, 3.63) is 80.9 Å². The maximum atomic E-state index is 6.78. The van der Waals surface area contributed by atoms with Gasteiger partial charge in [0.05, 0.1) is 20.1 Å². The molecule has 4 heteroatoms. The summed E-state index contributed by atoms with van der Waals surface area (Å²) < 4.78 is 17.9. The summed E-state index contributed by atoms with van der Waals surface area (Å²) in [5.41, 5.74) is 11.6. The van der Waals surface area contributed by atoms with Gasteiger partial charge in [0.2, 0.25) is 0 Å². The fourth-order valence-corrected chi connectivity index (χ4v) is 6.46. The van der Waals surface area contributed by atoms with Crippen LogP contribution in [0.25, 0.3) is 0 Å². The molecule has 2 aliphatic rings. The molecule has 3 aromatic carbocycles. The number of fused-ring (bicyclic) bond motifs is 2. The van der Waals surface area contributed by atoms with Crippen molar-refractivity contribution < 1.29 is 14.2 Å². The summed E-state index contributed by atoms with van der Waals surface area (Å²) in [7, 11) is 3.40. The number of benzene rings is 3. The lowest BCUT2D eigenvalue weighted by Gasteiger charge is -2.30. The summed E-state index contributed by atoms with van der Waals surface area (Å²) in [4.78, 5) is 2.51. The molecule has 0 bridgehead atoms. The van der Waals surface area contributed by atoms with Crippen molar-refractivity contribution in [2.75, 3.05) is 19.1 Å². The van der Waals surface area contributed by atoms with E-state index in [1.165, 1.54) is 50.2 Å². The average molecular weight is 486 g/mol. The molecular weight excluding hydrogens is 446 g/mol. The fraction of sp³-hybridized carbons (Fsp3) is 0.438. The van der Waals surface area contributed by atoms with Crippen LogP contribution in [0.15, 0.2) is 36.4 Å². The molecule has 0 radical (unpaired) electrons. The Bertz CT molecular complexity index is 1300. The Morgan fingerprint density at radius 1 is 0.889 bits per heavy atom. The Balaban J connectivity index is 1.66. The van der Waals surface area contributed by atoms with E-state index >= 15 is 0 Å². The van der Waals surface area contributed by atoms with E-state index in [0.717, 1.165) is 30.3 Å². The van der Waals surface area contributed by atoms with Crippen LogP contribution in [0.4, 0.5) is 5.69 Å². The SMILES string of the molecule is COc1cc2c(cc1OC)CN(c1c(C)c(C)c3c(c1C)[C@@H](c1ccccc1C(C)C)C(C)(C)O3)C2. The third-order valence-corrected chi connectivity index (χ3v) is 8.28. The van der Waals surface area contributed by atoms with Gasteiger partial charge in [0.25, 0.3) is 0 Å². The van der Waals surface area contributed by atoms with Gasteiger partial charge in [-0.05, 0) is 91.6 Å². The van der Waals surface area contributed by atoms with Gasteiger partial charge >= 0.3 is 0 Å². The standard InChI is InChI=1S/C32H39NO3/c1-18(2)24-12-10-11-13-25(24)29-28-21(5)30(19(3)20(4)31(28)36-32(29,6)7)33-16-22-14-26(34-8)27(35-9)15-23(22)17-33/h10-15,18,29H,16-17H2,1-9H3/t29-/m1/s1. The molecule has 0 amide bonds. The second-order valence-corrected chi connectivity index (χ2v) is 11.2. The van der Waals surface area contributed by atoms with Crippen LogP contribution in [0.5, 0.6) is 17.2 Å². The zero-order valence-corrected chi connectivity index (χ0v) is 23.2. The van der Waals surface area contributed by atoms with Crippen molar-refractivity contribution in [3.63, 3.8) is 0 Å². The number of methoxy groups -OCH3 is 2. The average Bonchev–Trinajstić information content (AvgIpc) is 3.38. The highest BCUT2D eigenvalue weighted by molar-refractivity contribution is 5.73. The van der Waals surface area contributed by atoms with Gasteiger partial charge in [-0.1, -0.05) is 38.1 Å². The predicted octanol–water partition coefficient (Wildman–Crippen LogP) is 7.58. The van der Waals surface area contributed by atoms with E-state index in [9.17, 15) is 0 Å². The van der Waals surface area contributed by atoms with Crippen LogP contribution < -0.4 is 19.1 Å². The molecule has 190 valence electrons. The molecule has 0 aliphatic carbocycles. The third-order valence-electron chi connectivity index (χ3n) is 8.28. The van der Waals surface area contributed by atoms with Gasteiger partial charge in [-0.15, -0.1) is 0 Å². The molecule has 2 heterocycles. The van der Waals surface area contributed by atoms with Gasteiger partial charge in [-0.2, -0.15) is 0 Å². The predicted molar refractivity (Wildman–Crippen MR) is 147 cm³/mol. The highest BCUT2D eigenvalue weighted by Crippen LogP contribution is 2.55. The monoisotopic (exact) mass is 485 g/mol. The lowest BCUT2D eigenvalue weighted by atomic mass is 9.75. The Kier molecular flexibility index (Phi) is 5.97. The van der Waals surface area contributed by atoms with Gasteiger partial charge in [0.15, 0.2) is 11.5 Å². The van der Waals surface area contributed by atoms with Gasteiger partial charge < -0.3 is 19.1 Å². The number of ether oxygens (including phenoxy) is 3. The van der Waals surface area contributed by atoms with E-state index in [0.29, 0.717) is 5.92 Å². The third kappa shape index (κ3) is 3.65. The molecule has 0 saturated heterocycles. The molecule has 5 rings (SSSR count).